The van der Waals surface area contributed by atoms with Gasteiger partial charge in [-0.2, -0.15) is 8.42 Å². The lowest BCUT2D eigenvalue weighted by Crippen LogP contribution is -2.74. The molecule has 4 amide bonds. The molecule has 2 atom stereocenters. The van der Waals surface area contributed by atoms with Gasteiger partial charge in [0, 0.05) is 25.0 Å². The first kappa shape index (κ1) is 25.1. The minimum Gasteiger partial charge on any atom is -0.478 e. The van der Waals surface area contributed by atoms with Crippen LogP contribution in [-0.2, 0) is 29.5 Å². The number of hydrogen-bond donors (Lipinski definition) is 5. The molecule has 0 spiro atoms. The Morgan fingerprint density at radius 3 is 2.62 bits per heavy atom. The van der Waals surface area contributed by atoms with Gasteiger partial charge in [-0.15, -0.1) is 11.3 Å². The molecule has 2 fully saturated rings. The maximum atomic E-state index is 13.0. The minimum absolute atomic E-state index is 0.0585. The first-order valence-corrected chi connectivity index (χ1v) is 11.9. The Bertz CT molecular complexity index is 1160. The van der Waals surface area contributed by atoms with Crippen molar-refractivity contribution < 1.29 is 42.1 Å². The van der Waals surface area contributed by atoms with Gasteiger partial charge < -0.3 is 31.2 Å². The molecule has 1 aromatic heterocycles. The molecule has 0 aromatic carbocycles. The third-order valence-corrected chi connectivity index (χ3v) is 6.54. The lowest BCUT2D eigenvalue weighted by molar-refractivity contribution is -0.161. The number of carbonyl (C=O) groups excluding carboxylic acids is 3. The number of nitrogens with two attached hydrogens (primary N) is 1. The number of nitrogen functional groups attached to an aromatic ring is 1. The van der Waals surface area contributed by atoms with Crippen LogP contribution in [0.15, 0.2) is 10.5 Å². The highest BCUT2D eigenvalue weighted by Crippen LogP contribution is 2.25. The average molecular weight is 520 g/mol. The first-order chi connectivity index (χ1) is 15.7. The monoisotopic (exact) mass is 519 g/mol. The number of anilines is 1. The van der Waals surface area contributed by atoms with Gasteiger partial charge in [0.15, 0.2) is 10.8 Å². The quantitative estimate of drug-likeness (QED) is 0.102. The predicted octanol–water partition coefficient (Wildman–Crippen LogP) is -2.17. The van der Waals surface area contributed by atoms with Gasteiger partial charge >= 0.3 is 22.3 Å². The molecule has 34 heavy (non-hydrogen) atoms. The molecule has 3 heterocycles. The summed E-state index contributed by atoms with van der Waals surface area (Å²) in [6.45, 7) is 2.56. The summed E-state index contributed by atoms with van der Waals surface area (Å²) in [5, 5.41) is 19.0. The summed E-state index contributed by atoms with van der Waals surface area (Å²) in [4.78, 5) is 58.7. The van der Waals surface area contributed by atoms with Crippen LogP contribution in [0.1, 0.15) is 19.5 Å². The number of nitrogens with zero attached hydrogens (tertiary/aromatic N) is 4. The van der Waals surface area contributed by atoms with Gasteiger partial charge in [0.05, 0.1) is 6.04 Å². The molecule has 0 bridgehead atoms. The molecule has 18 heteroatoms. The van der Waals surface area contributed by atoms with E-state index in [4.69, 9.17) is 10.6 Å². The Morgan fingerprint density at radius 2 is 2.12 bits per heavy atom. The van der Waals surface area contributed by atoms with Crippen molar-refractivity contribution in [3.8, 4) is 0 Å². The highest BCUT2D eigenvalue weighted by molar-refractivity contribution is 7.84. The fourth-order valence-electron chi connectivity index (χ4n) is 3.06. The van der Waals surface area contributed by atoms with Gasteiger partial charge in [0.2, 0.25) is 5.60 Å². The van der Waals surface area contributed by atoms with Gasteiger partial charge in [-0.25, -0.2) is 18.9 Å². The lowest BCUT2D eigenvalue weighted by Gasteiger charge is -2.45. The Balaban J connectivity index is 1.87. The van der Waals surface area contributed by atoms with Crippen LogP contribution in [0.3, 0.4) is 0 Å². The van der Waals surface area contributed by atoms with Crippen LogP contribution in [-0.4, -0.2) is 99.1 Å². The van der Waals surface area contributed by atoms with Crippen molar-refractivity contribution >= 4 is 56.3 Å². The molecule has 6 N–H and O–H groups in total. The van der Waals surface area contributed by atoms with Gasteiger partial charge in [0.25, 0.3) is 11.8 Å². The molecular weight excluding hydrogens is 498 g/mol. The van der Waals surface area contributed by atoms with E-state index in [2.05, 4.69) is 20.8 Å². The number of β-lactam (4-membered cyclic amide) rings is 1. The standard InChI is InChI=1S/C16H21N7O9S2/c1-16(2,13(26)27)32-21-9(7-6-33-14(17)19-7)11(24)20-10-8(5-22-4-3-18-15(22)28)23(12(10)25)34(29,30)31/h6,8,10H,3-5H2,1-2H3,(H2,17,19)(H,18,28)(H,20,24)(H,26,27)(H,29,30,31). The second-order valence-corrected chi connectivity index (χ2v) is 9.90. The van der Waals surface area contributed by atoms with Crippen molar-refractivity contribution in [2.75, 3.05) is 25.4 Å². The highest BCUT2D eigenvalue weighted by Gasteiger charge is 2.55. The van der Waals surface area contributed by atoms with E-state index in [1.165, 1.54) is 24.1 Å². The molecule has 16 nitrogen and oxygen atoms in total. The van der Waals surface area contributed by atoms with Crippen molar-refractivity contribution in [2.45, 2.75) is 31.5 Å². The van der Waals surface area contributed by atoms with Crippen LogP contribution in [0, 0.1) is 0 Å². The van der Waals surface area contributed by atoms with E-state index in [1.54, 1.807) is 0 Å². The third-order valence-electron chi connectivity index (χ3n) is 4.92. The van der Waals surface area contributed by atoms with E-state index in [1.807, 2.05) is 0 Å². The van der Waals surface area contributed by atoms with Gasteiger partial charge in [0.1, 0.15) is 11.7 Å². The molecule has 3 rings (SSSR count). The van der Waals surface area contributed by atoms with E-state index in [0.717, 1.165) is 11.3 Å². The topological polar surface area (TPSA) is 234 Å². The molecule has 2 unspecified atom stereocenters. The molecule has 1 aromatic rings. The van der Waals surface area contributed by atoms with E-state index in [9.17, 15) is 37.3 Å². The normalized spacial score (nSPS) is 21.2. The van der Waals surface area contributed by atoms with Crippen LogP contribution in [0.5, 0.6) is 0 Å². The number of rotatable bonds is 9. The lowest BCUT2D eigenvalue weighted by atomic mass is 9.97. The van der Waals surface area contributed by atoms with Crippen LogP contribution < -0.4 is 16.4 Å². The Labute approximate surface area is 196 Å². The van der Waals surface area contributed by atoms with E-state index < -0.39 is 57.5 Å². The number of nitrogens with one attached hydrogen (secondary N) is 2. The van der Waals surface area contributed by atoms with Crippen molar-refractivity contribution in [1.82, 2.24) is 24.8 Å². The number of thiazole rings is 1. The smallest absolute Gasteiger partial charge is 0.362 e. The summed E-state index contributed by atoms with van der Waals surface area (Å²) < 4.78 is 32.9. The molecule has 2 aliphatic heterocycles. The Hall–Kier alpha value is -3.51. The highest BCUT2D eigenvalue weighted by atomic mass is 32.2. The SMILES string of the molecule is CC(C)(ON=C(C(=O)NC1C(=O)N(S(=O)(=O)O)C1CN1CCNC1=O)c1csc(N)n1)C(=O)O. The number of amides is 4. The summed E-state index contributed by atoms with van der Waals surface area (Å²) in [6.07, 6.45) is 0. The zero-order valence-electron chi connectivity index (χ0n) is 17.8. The number of oxime groups is 1. The summed E-state index contributed by atoms with van der Waals surface area (Å²) in [7, 11) is -4.97. The molecule has 186 valence electrons. The van der Waals surface area contributed by atoms with Gasteiger partial charge in [-0.05, 0) is 13.8 Å². The van der Waals surface area contributed by atoms with E-state index >= 15 is 0 Å². The fraction of sp³-hybridized carbons (Fsp3) is 0.500. The van der Waals surface area contributed by atoms with Crippen molar-refractivity contribution in [3.05, 3.63) is 11.1 Å². The van der Waals surface area contributed by atoms with Gasteiger partial charge in [-0.1, -0.05) is 5.16 Å². The fourth-order valence-corrected chi connectivity index (χ4v) is 4.48. The van der Waals surface area contributed by atoms with E-state index in [-0.39, 0.29) is 28.2 Å². The maximum absolute atomic E-state index is 13.0. The summed E-state index contributed by atoms with van der Waals surface area (Å²) in [5.74, 6) is -3.59. The molecule has 0 saturated carbocycles. The van der Waals surface area contributed by atoms with Crippen molar-refractivity contribution in [2.24, 2.45) is 5.16 Å². The van der Waals surface area contributed by atoms with Crippen LogP contribution in [0.2, 0.25) is 0 Å². The summed E-state index contributed by atoms with van der Waals surface area (Å²) in [5.41, 5.74) is 3.14. The molecule has 0 aliphatic carbocycles. The second-order valence-electron chi connectivity index (χ2n) is 7.73. The predicted molar refractivity (Wildman–Crippen MR) is 115 cm³/mol. The van der Waals surface area contributed by atoms with Crippen LogP contribution in [0.4, 0.5) is 9.93 Å². The first-order valence-electron chi connectivity index (χ1n) is 9.57. The molecule has 2 saturated heterocycles. The zero-order valence-corrected chi connectivity index (χ0v) is 19.4. The number of hydrogen-bond acceptors (Lipinski definition) is 11. The number of carboxylic acids is 1. The average Bonchev–Trinajstić information content (AvgIpc) is 3.32. The Morgan fingerprint density at radius 1 is 1.44 bits per heavy atom. The number of carboxylic acid groups (broad SMARTS) is 1. The largest absolute Gasteiger partial charge is 0.478 e. The van der Waals surface area contributed by atoms with E-state index in [0.29, 0.717) is 6.54 Å². The van der Waals surface area contributed by atoms with Crippen molar-refractivity contribution in [1.29, 1.82) is 0 Å². The molecule has 2 aliphatic rings. The van der Waals surface area contributed by atoms with Crippen molar-refractivity contribution in [3.63, 3.8) is 0 Å². The second kappa shape index (κ2) is 9.03. The molecular formula is C16H21N7O9S2. The summed E-state index contributed by atoms with van der Waals surface area (Å²) in [6, 6.07) is -3.28. The Kier molecular flexibility index (Phi) is 6.67. The number of carbonyl (C=O) groups is 4. The zero-order chi connectivity index (χ0) is 25.4. The third kappa shape index (κ3) is 5.02. The minimum atomic E-state index is -4.97. The number of aliphatic carboxylic acids is 1. The summed E-state index contributed by atoms with van der Waals surface area (Å²) >= 11 is 0.950. The number of aromatic nitrogens is 1. The molecule has 0 radical (unpaired) electrons. The van der Waals surface area contributed by atoms with Crippen LogP contribution in [0.25, 0.3) is 0 Å². The van der Waals surface area contributed by atoms with Gasteiger partial charge in [-0.3, -0.25) is 14.1 Å². The number of urea groups is 1. The maximum Gasteiger partial charge on any atom is 0.362 e. The van der Waals surface area contributed by atoms with Crippen LogP contribution >= 0.6 is 11.3 Å².